The van der Waals surface area contributed by atoms with E-state index in [0.29, 0.717) is 25.5 Å². The first-order chi connectivity index (χ1) is 14.5. The lowest BCUT2D eigenvalue weighted by atomic mass is 10.1. The molecular weight excluding hydrogens is 393 g/mol. The van der Waals surface area contributed by atoms with E-state index in [1.807, 2.05) is 35.7 Å². The van der Waals surface area contributed by atoms with E-state index in [2.05, 4.69) is 25.8 Å². The predicted octanol–water partition coefficient (Wildman–Crippen LogP) is 3.48. The van der Waals surface area contributed by atoms with Gasteiger partial charge in [-0.2, -0.15) is 13.2 Å². The van der Waals surface area contributed by atoms with Crippen molar-refractivity contribution >= 4 is 11.6 Å². The molecule has 0 aliphatic rings. The van der Waals surface area contributed by atoms with Gasteiger partial charge < -0.3 is 10.6 Å². The number of halogens is 3. The molecular formula is C21H25F3N6. The second-order valence-electron chi connectivity index (χ2n) is 6.78. The van der Waals surface area contributed by atoms with Gasteiger partial charge in [0, 0.05) is 32.3 Å². The van der Waals surface area contributed by atoms with Crippen molar-refractivity contribution < 1.29 is 13.2 Å². The zero-order valence-electron chi connectivity index (χ0n) is 16.8. The maximum absolute atomic E-state index is 12.6. The zero-order valence-corrected chi connectivity index (χ0v) is 16.8. The van der Waals surface area contributed by atoms with Crippen molar-refractivity contribution in [2.75, 3.05) is 19.6 Å². The summed E-state index contributed by atoms with van der Waals surface area (Å²) >= 11 is 0. The van der Waals surface area contributed by atoms with E-state index in [4.69, 9.17) is 0 Å². The van der Waals surface area contributed by atoms with Crippen molar-refractivity contribution in [3.8, 4) is 0 Å². The molecule has 0 unspecified atom stereocenters. The highest BCUT2D eigenvalue weighted by molar-refractivity contribution is 5.79. The fraction of sp³-hybridized carbons (Fsp3) is 0.381. The fourth-order valence-corrected chi connectivity index (χ4v) is 3.02. The van der Waals surface area contributed by atoms with Gasteiger partial charge in [0.05, 0.1) is 5.56 Å². The van der Waals surface area contributed by atoms with Crippen molar-refractivity contribution in [3.63, 3.8) is 0 Å². The molecule has 3 rings (SSSR count). The number of rotatable bonds is 8. The largest absolute Gasteiger partial charge is 0.416 e. The minimum atomic E-state index is -4.31. The molecule has 0 aliphatic carbocycles. The number of benzene rings is 1. The number of guanidine groups is 1. The van der Waals surface area contributed by atoms with Gasteiger partial charge in [0.25, 0.3) is 0 Å². The Morgan fingerprint density at radius 2 is 1.83 bits per heavy atom. The van der Waals surface area contributed by atoms with Crippen LogP contribution in [-0.2, 0) is 19.0 Å². The molecule has 0 spiro atoms. The second-order valence-corrected chi connectivity index (χ2v) is 6.78. The molecule has 9 heteroatoms. The molecule has 0 radical (unpaired) electrons. The Morgan fingerprint density at radius 1 is 1.03 bits per heavy atom. The molecule has 2 aromatic heterocycles. The van der Waals surface area contributed by atoms with E-state index < -0.39 is 11.7 Å². The molecule has 2 N–H and O–H groups in total. The van der Waals surface area contributed by atoms with Crippen LogP contribution in [0.2, 0.25) is 0 Å². The summed E-state index contributed by atoms with van der Waals surface area (Å²) in [5.74, 6) is 1.59. The van der Waals surface area contributed by atoms with Gasteiger partial charge in [-0.15, -0.1) is 10.2 Å². The minimum Gasteiger partial charge on any atom is -0.357 e. The van der Waals surface area contributed by atoms with Crippen LogP contribution < -0.4 is 10.6 Å². The van der Waals surface area contributed by atoms with Crippen LogP contribution in [0.4, 0.5) is 13.2 Å². The third-order valence-corrected chi connectivity index (χ3v) is 4.54. The van der Waals surface area contributed by atoms with Crippen LogP contribution in [-0.4, -0.2) is 40.2 Å². The molecule has 0 saturated carbocycles. The van der Waals surface area contributed by atoms with Gasteiger partial charge in [-0.05, 0) is 49.6 Å². The number of aryl methyl sites for hydroxylation is 1. The van der Waals surface area contributed by atoms with Crippen molar-refractivity contribution in [2.24, 2.45) is 4.99 Å². The minimum absolute atomic E-state index is 0.575. The first-order valence-electron chi connectivity index (χ1n) is 9.94. The van der Waals surface area contributed by atoms with Crippen LogP contribution in [0.3, 0.4) is 0 Å². The fourth-order valence-electron chi connectivity index (χ4n) is 3.02. The monoisotopic (exact) mass is 418 g/mol. The van der Waals surface area contributed by atoms with Crippen LogP contribution >= 0.6 is 0 Å². The molecule has 0 amide bonds. The molecule has 0 fully saturated rings. The molecule has 1 aromatic carbocycles. The van der Waals surface area contributed by atoms with Crippen LogP contribution in [0.1, 0.15) is 30.3 Å². The molecule has 0 aliphatic heterocycles. The number of pyridine rings is 1. The van der Waals surface area contributed by atoms with Gasteiger partial charge in [-0.25, -0.2) is 0 Å². The number of aliphatic imine (C=N–C) groups is 1. The number of nitrogens with zero attached hydrogens (tertiary/aromatic N) is 4. The van der Waals surface area contributed by atoms with Crippen LogP contribution in [0.15, 0.2) is 53.7 Å². The summed E-state index contributed by atoms with van der Waals surface area (Å²) in [5.41, 5.74) is 1.04. The highest BCUT2D eigenvalue weighted by Crippen LogP contribution is 2.29. The van der Waals surface area contributed by atoms with Crippen molar-refractivity contribution in [1.29, 1.82) is 0 Å². The van der Waals surface area contributed by atoms with Crippen LogP contribution in [0, 0.1) is 0 Å². The van der Waals surface area contributed by atoms with Crippen LogP contribution in [0.25, 0.3) is 5.65 Å². The molecule has 0 bridgehead atoms. The Morgan fingerprint density at radius 3 is 2.57 bits per heavy atom. The molecule has 30 heavy (non-hydrogen) atoms. The zero-order chi connectivity index (χ0) is 21.4. The van der Waals surface area contributed by atoms with E-state index in [1.54, 1.807) is 0 Å². The summed E-state index contributed by atoms with van der Waals surface area (Å²) in [6, 6.07) is 11.0. The van der Waals surface area contributed by atoms with Gasteiger partial charge >= 0.3 is 6.18 Å². The number of alkyl halides is 3. The van der Waals surface area contributed by atoms with E-state index >= 15 is 0 Å². The Hall–Kier alpha value is -3.10. The number of hydrogen-bond donors (Lipinski definition) is 2. The number of nitrogens with one attached hydrogen (secondary N) is 2. The molecule has 3 aromatic rings. The van der Waals surface area contributed by atoms with Crippen molar-refractivity contribution in [3.05, 3.63) is 65.6 Å². The molecule has 6 nitrogen and oxygen atoms in total. The van der Waals surface area contributed by atoms with Gasteiger partial charge in [-0.3, -0.25) is 9.39 Å². The van der Waals surface area contributed by atoms with Crippen LogP contribution in [0.5, 0.6) is 0 Å². The summed E-state index contributed by atoms with van der Waals surface area (Å²) in [6.07, 6.45) is -0.166. The maximum Gasteiger partial charge on any atom is 0.416 e. The molecule has 0 saturated heterocycles. The van der Waals surface area contributed by atoms with E-state index in [1.165, 1.54) is 12.1 Å². The summed E-state index contributed by atoms with van der Waals surface area (Å²) < 4.78 is 39.9. The topological polar surface area (TPSA) is 66.6 Å². The number of hydrogen-bond acceptors (Lipinski definition) is 3. The first-order valence-corrected chi connectivity index (χ1v) is 9.94. The van der Waals surface area contributed by atoms with E-state index in [-0.39, 0.29) is 0 Å². The average molecular weight is 418 g/mol. The summed E-state index contributed by atoms with van der Waals surface area (Å²) in [5, 5.41) is 14.8. The SMILES string of the molecule is CCNC(=NCCCc1nnc2ccccn12)NCCc1ccc(C(F)(F)F)cc1. The summed E-state index contributed by atoms with van der Waals surface area (Å²) in [6.45, 7) is 3.90. The van der Waals surface area contributed by atoms with Crippen molar-refractivity contribution in [1.82, 2.24) is 25.2 Å². The highest BCUT2D eigenvalue weighted by atomic mass is 19.4. The molecule has 0 atom stereocenters. The number of aromatic nitrogens is 3. The lowest BCUT2D eigenvalue weighted by molar-refractivity contribution is -0.137. The second kappa shape index (κ2) is 10.1. The van der Waals surface area contributed by atoms with E-state index in [0.717, 1.165) is 48.6 Å². The number of fused-ring (bicyclic) bond motifs is 1. The Kier molecular flexibility index (Phi) is 7.26. The first kappa shape index (κ1) is 21.6. The molecule has 160 valence electrons. The smallest absolute Gasteiger partial charge is 0.357 e. The Bertz CT molecular complexity index is 963. The summed E-state index contributed by atoms with van der Waals surface area (Å²) in [7, 11) is 0. The maximum atomic E-state index is 12.6. The van der Waals surface area contributed by atoms with Gasteiger partial charge in [0.2, 0.25) is 0 Å². The van der Waals surface area contributed by atoms with Gasteiger partial charge in [0.15, 0.2) is 11.6 Å². The average Bonchev–Trinajstić information content (AvgIpc) is 3.14. The Labute approximate surface area is 173 Å². The van der Waals surface area contributed by atoms with Gasteiger partial charge in [0.1, 0.15) is 5.82 Å². The van der Waals surface area contributed by atoms with Crippen molar-refractivity contribution in [2.45, 2.75) is 32.4 Å². The van der Waals surface area contributed by atoms with E-state index in [9.17, 15) is 13.2 Å². The quantitative estimate of drug-likeness (QED) is 0.334. The third-order valence-electron chi connectivity index (χ3n) is 4.54. The normalized spacial score (nSPS) is 12.3. The Balaban J connectivity index is 1.46. The highest BCUT2D eigenvalue weighted by Gasteiger charge is 2.29. The summed E-state index contributed by atoms with van der Waals surface area (Å²) in [4.78, 5) is 4.56. The predicted molar refractivity (Wildman–Crippen MR) is 110 cm³/mol. The molecule has 2 heterocycles. The van der Waals surface area contributed by atoms with Gasteiger partial charge in [-0.1, -0.05) is 18.2 Å². The third kappa shape index (κ3) is 5.95. The lowest BCUT2D eigenvalue weighted by Crippen LogP contribution is -2.38. The standard InChI is InChI=1S/C21H25F3N6/c1-2-25-20(27-14-12-16-8-10-17(11-9-16)21(22,23)24)26-13-5-7-19-29-28-18-6-3-4-15-30(18)19/h3-4,6,8-11,15H,2,5,7,12-14H2,1H3,(H2,25,26,27). The lowest BCUT2D eigenvalue weighted by Gasteiger charge is -2.12.